The van der Waals surface area contributed by atoms with Gasteiger partial charge in [-0.2, -0.15) is 0 Å². The van der Waals surface area contributed by atoms with E-state index in [9.17, 15) is 9.59 Å². The van der Waals surface area contributed by atoms with E-state index in [0.717, 1.165) is 19.4 Å². The maximum Gasteiger partial charge on any atom is 0.291 e. The first-order chi connectivity index (χ1) is 11.6. The molecule has 0 radical (unpaired) electrons. The Morgan fingerprint density at radius 1 is 1.20 bits per heavy atom. The van der Waals surface area contributed by atoms with Crippen LogP contribution in [0.4, 0.5) is 5.69 Å². The molecule has 2 amide bonds. The average molecular weight is 364 g/mol. The zero-order chi connectivity index (χ0) is 16.9. The summed E-state index contributed by atoms with van der Waals surface area (Å²) < 4.78 is 5.06. The van der Waals surface area contributed by atoms with E-state index in [1.54, 1.807) is 36.4 Å². The number of amides is 2. The Balaban J connectivity index is 0.00000225. The third kappa shape index (κ3) is 4.84. The number of nitrogens with one attached hydrogen (secondary N) is 3. The lowest BCUT2D eigenvalue weighted by atomic mass is 9.99. The number of halogens is 1. The second kappa shape index (κ2) is 8.69. The van der Waals surface area contributed by atoms with Gasteiger partial charge in [-0.05, 0) is 56.6 Å². The molecule has 2 atom stereocenters. The van der Waals surface area contributed by atoms with Crippen molar-refractivity contribution in [1.82, 2.24) is 10.6 Å². The van der Waals surface area contributed by atoms with Crippen molar-refractivity contribution in [3.63, 3.8) is 0 Å². The van der Waals surface area contributed by atoms with Crippen molar-refractivity contribution >= 4 is 29.9 Å². The van der Waals surface area contributed by atoms with Crippen molar-refractivity contribution in [2.24, 2.45) is 0 Å². The Bertz CT molecular complexity index is 718. The van der Waals surface area contributed by atoms with E-state index in [1.165, 1.54) is 6.26 Å². The fourth-order valence-electron chi connectivity index (χ4n) is 2.83. The van der Waals surface area contributed by atoms with Crippen molar-refractivity contribution in [3.8, 4) is 0 Å². The number of piperidine rings is 1. The van der Waals surface area contributed by atoms with Gasteiger partial charge in [-0.15, -0.1) is 12.4 Å². The summed E-state index contributed by atoms with van der Waals surface area (Å²) >= 11 is 0. The number of carbonyl (C=O) groups excluding carboxylic acids is 2. The van der Waals surface area contributed by atoms with E-state index in [-0.39, 0.29) is 42.1 Å². The lowest BCUT2D eigenvalue weighted by Crippen LogP contribution is -2.51. The monoisotopic (exact) mass is 363 g/mol. The quantitative estimate of drug-likeness (QED) is 0.780. The second-order valence-corrected chi connectivity index (χ2v) is 5.98. The highest BCUT2D eigenvalue weighted by atomic mass is 35.5. The van der Waals surface area contributed by atoms with Gasteiger partial charge in [0.1, 0.15) is 0 Å². The van der Waals surface area contributed by atoms with Crippen molar-refractivity contribution in [3.05, 3.63) is 54.0 Å². The summed E-state index contributed by atoms with van der Waals surface area (Å²) in [4.78, 5) is 24.5. The standard InChI is InChI=1S/C18H21N3O3.ClH/c1-12-15(7-3-9-19-12)21-17(22)13-5-2-6-14(11-13)20-18(23)16-8-4-10-24-16;/h2,4-6,8,10-12,15,19H,3,7,9H2,1H3,(H,20,23)(H,21,22);1H. The number of benzene rings is 1. The number of hydrogen-bond donors (Lipinski definition) is 3. The zero-order valence-corrected chi connectivity index (χ0v) is 14.8. The molecule has 6 nitrogen and oxygen atoms in total. The topological polar surface area (TPSA) is 83.4 Å². The summed E-state index contributed by atoms with van der Waals surface area (Å²) in [5.74, 6) is -0.251. The number of hydrogen-bond acceptors (Lipinski definition) is 4. The van der Waals surface area contributed by atoms with Gasteiger partial charge in [0.15, 0.2) is 5.76 Å². The molecule has 1 saturated heterocycles. The Morgan fingerprint density at radius 2 is 2.04 bits per heavy atom. The van der Waals surface area contributed by atoms with Crippen molar-refractivity contribution in [2.45, 2.75) is 31.8 Å². The minimum Gasteiger partial charge on any atom is -0.459 e. The van der Waals surface area contributed by atoms with Gasteiger partial charge in [-0.1, -0.05) is 6.07 Å². The first-order valence-electron chi connectivity index (χ1n) is 8.12. The second-order valence-electron chi connectivity index (χ2n) is 5.98. The van der Waals surface area contributed by atoms with Crippen LogP contribution in [0, 0.1) is 0 Å². The van der Waals surface area contributed by atoms with Crippen LogP contribution in [0.25, 0.3) is 0 Å². The number of anilines is 1. The molecule has 3 rings (SSSR count). The van der Waals surface area contributed by atoms with Gasteiger partial charge in [-0.3, -0.25) is 9.59 Å². The molecule has 0 spiro atoms. The van der Waals surface area contributed by atoms with Gasteiger partial charge < -0.3 is 20.4 Å². The lowest BCUT2D eigenvalue weighted by molar-refractivity contribution is 0.0918. The maximum atomic E-state index is 12.5. The van der Waals surface area contributed by atoms with E-state index in [4.69, 9.17) is 4.42 Å². The first kappa shape index (κ1) is 19.0. The molecule has 134 valence electrons. The first-order valence-corrected chi connectivity index (χ1v) is 8.12. The summed E-state index contributed by atoms with van der Waals surface area (Å²) in [5, 5.41) is 9.15. The normalized spacial score (nSPS) is 19.6. The van der Waals surface area contributed by atoms with Crippen LogP contribution >= 0.6 is 12.4 Å². The molecule has 1 fully saturated rings. The Morgan fingerprint density at radius 3 is 2.76 bits per heavy atom. The van der Waals surface area contributed by atoms with Gasteiger partial charge in [0, 0.05) is 23.3 Å². The summed E-state index contributed by atoms with van der Waals surface area (Å²) in [6, 6.07) is 10.5. The molecule has 2 heterocycles. The third-order valence-corrected chi connectivity index (χ3v) is 4.21. The average Bonchev–Trinajstić information content (AvgIpc) is 3.12. The maximum absolute atomic E-state index is 12.5. The van der Waals surface area contributed by atoms with Crippen LogP contribution in [0.1, 0.15) is 40.7 Å². The summed E-state index contributed by atoms with van der Waals surface area (Å²) in [5.41, 5.74) is 1.07. The highest BCUT2D eigenvalue weighted by molar-refractivity contribution is 6.03. The number of rotatable bonds is 4. The highest BCUT2D eigenvalue weighted by Gasteiger charge is 2.23. The van der Waals surface area contributed by atoms with Crippen LogP contribution in [0.15, 0.2) is 47.1 Å². The van der Waals surface area contributed by atoms with Gasteiger partial charge >= 0.3 is 0 Å². The van der Waals surface area contributed by atoms with Crippen LogP contribution in [0.2, 0.25) is 0 Å². The van der Waals surface area contributed by atoms with Crippen LogP contribution in [0.3, 0.4) is 0 Å². The predicted molar refractivity (Wildman–Crippen MR) is 98.3 cm³/mol. The molecule has 1 aromatic carbocycles. The molecule has 0 saturated carbocycles. The summed E-state index contributed by atoms with van der Waals surface area (Å²) in [7, 11) is 0. The molecule has 1 aliphatic heterocycles. The van der Waals surface area contributed by atoms with E-state index in [2.05, 4.69) is 22.9 Å². The molecule has 0 aliphatic carbocycles. The van der Waals surface area contributed by atoms with Crippen LogP contribution in [-0.2, 0) is 0 Å². The molecule has 2 unspecified atom stereocenters. The minimum atomic E-state index is -0.345. The van der Waals surface area contributed by atoms with Crippen molar-refractivity contribution in [2.75, 3.05) is 11.9 Å². The molecule has 1 aliphatic rings. The Kier molecular flexibility index (Phi) is 6.61. The zero-order valence-electron chi connectivity index (χ0n) is 14.0. The minimum absolute atomic E-state index is 0. The van der Waals surface area contributed by atoms with Crippen LogP contribution in [-0.4, -0.2) is 30.4 Å². The van der Waals surface area contributed by atoms with Crippen LogP contribution in [0.5, 0.6) is 0 Å². The molecule has 0 bridgehead atoms. The predicted octanol–water partition coefficient (Wildman–Crippen LogP) is 2.82. The van der Waals surface area contributed by atoms with Gasteiger partial charge in [0.05, 0.1) is 6.26 Å². The molecule has 25 heavy (non-hydrogen) atoms. The van der Waals surface area contributed by atoms with E-state index >= 15 is 0 Å². The molecule has 1 aromatic heterocycles. The number of carbonyl (C=O) groups is 2. The Hall–Kier alpha value is -2.31. The smallest absolute Gasteiger partial charge is 0.291 e. The number of furan rings is 1. The van der Waals surface area contributed by atoms with E-state index in [0.29, 0.717) is 11.3 Å². The summed E-state index contributed by atoms with van der Waals surface area (Å²) in [6.07, 6.45) is 3.46. The lowest BCUT2D eigenvalue weighted by Gasteiger charge is -2.30. The molecule has 3 N–H and O–H groups in total. The van der Waals surface area contributed by atoms with Gasteiger partial charge in [0.25, 0.3) is 11.8 Å². The summed E-state index contributed by atoms with van der Waals surface area (Å²) in [6.45, 7) is 3.06. The molecule has 2 aromatic rings. The van der Waals surface area contributed by atoms with Crippen LogP contribution < -0.4 is 16.0 Å². The Labute approximate surface area is 152 Å². The van der Waals surface area contributed by atoms with Gasteiger partial charge in [0.2, 0.25) is 0 Å². The SMILES string of the molecule is CC1NCCCC1NC(=O)c1cccc(NC(=O)c2ccco2)c1.Cl. The highest BCUT2D eigenvalue weighted by Crippen LogP contribution is 2.14. The van der Waals surface area contributed by atoms with Crippen molar-refractivity contribution < 1.29 is 14.0 Å². The van der Waals surface area contributed by atoms with E-state index in [1.807, 2.05) is 0 Å². The largest absolute Gasteiger partial charge is 0.459 e. The molecule has 7 heteroatoms. The van der Waals surface area contributed by atoms with Crippen molar-refractivity contribution in [1.29, 1.82) is 0 Å². The molecular formula is C18H22ClN3O3. The fraction of sp³-hybridized carbons (Fsp3) is 0.333. The molecular weight excluding hydrogens is 342 g/mol. The third-order valence-electron chi connectivity index (χ3n) is 4.21. The fourth-order valence-corrected chi connectivity index (χ4v) is 2.83. The van der Waals surface area contributed by atoms with E-state index < -0.39 is 0 Å². The van der Waals surface area contributed by atoms with Gasteiger partial charge in [-0.25, -0.2) is 0 Å².